The van der Waals surface area contributed by atoms with Gasteiger partial charge in [-0.15, -0.1) is 0 Å². The Kier molecular flexibility index (Phi) is 3.82. The predicted octanol–water partition coefficient (Wildman–Crippen LogP) is 4.34. The molecule has 1 N–H and O–H groups in total. The fourth-order valence-electron chi connectivity index (χ4n) is 3.67. The van der Waals surface area contributed by atoms with Gasteiger partial charge >= 0.3 is 0 Å². The first-order valence-corrected chi connectivity index (χ1v) is 9.34. The second-order valence-corrected chi connectivity index (χ2v) is 7.16. The van der Waals surface area contributed by atoms with Gasteiger partial charge in [0, 0.05) is 35.7 Å². The van der Waals surface area contributed by atoms with Crippen LogP contribution < -0.4 is 14.8 Å². The lowest BCUT2D eigenvalue weighted by molar-refractivity contribution is -0.0716. The van der Waals surface area contributed by atoms with E-state index in [0.717, 1.165) is 37.0 Å². The number of carbonyl (C=O) groups is 1. The molecule has 1 aliphatic carbocycles. The molecule has 2 aromatic carbocycles. The van der Waals surface area contributed by atoms with E-state index in [1.54, 1.807) is 31.2 Å². The quantitative estimate of drug-likeness (QED) is 0.731. The summed E-state index contributed by atoms with van der Waals surface area (Å²) < 4.78 is 17.2. The second-order valence-electron chi connectivity index (χ2n) is 7.16. The number of aryl methyl sites for hydroxylation is 1. The van der Waals surface area contributed by atoms with E-state index in [1.807, 2.05) is 18.2 Å². The monoisotopic (exact) mass is 377 g/mol. The van der Waals surface area contributed by atoms with Crippen LogP contribution in [-0.4, -0.2) is 21.8 Å². The van der Waals surface area contributed by atoms with Gasteiger partial charge in [0.1, 0.15) is 0 Å². The second kappa shape index (κ2) is 6.37. The SMILES string of the molecule is Cc1noc(-c2ccc(C(=O)Nc3ccc4c(c3)OC3(CCCC3)O4)cc2)n1. The molecule has 7 heteroatoms. The largest absolute Gasteiger partial charge is 0.448 e. The Labute approximate surface area is 161 Å². The van der Waals surface area contributed by atoms with Gasteiger partial charge in [0.2, 0.25) is 0 Å². The Morgan fingerprint density at radius 1 is 1.04 bits per heavy atom. The van der Waals surface area contributed by atoms with Crippen molar-refractivity contribution >= 4 is 11.6 Å². The van der Waals surface area contributed by atoms with Gasteiger partial charge in [0.15, 0.2) is 17.3 Å². The molecule has 3 aromatic rings. The summed E-state index contributed by atoms with van der Waals surface area (Å²) in [5.74, 6) is 1.71. The lowest BCUT2D eigenvalue weighted by atomic mass is 10.1. The molecule has 2 heterocycles. The molecular formula is C21H19N3O4. The molecule has 5 rings (SSSR count). The molecule has 1 spiro atoms. The van der Waals surface area contributed by atoms with Crippen molar-refractivity contribution < 1.29 is 18.8 Å². The number of benzene rings is 2. The summed E-state index contributed by atoms with van der Waals surface area (Å²) in [6, 6.07) is 12.5. The molecule has 1 amide bonds. The molecule has 0 atom stereocenters. The van der Waals surface area contributed by atoms with Crippen molar-refractivity contribution in [3.8, 4) is 23.0 Å². The van der Waals surface area contributed by atoms with Gasteiger partial charge in [-0.25, -0.2) is 0 Å². The summed E-state index contributed by atoms with van der Waals surface area (Å²) in [6.07, 6.45) is 4.01. The molecule has 0 unspecified atom stereocenters. The van der Waals surface area contributed by atoms with Crippen LogP contribution in [0, 0.1) is 6.92 Å². The summed E-state index contributed by atoms with van der Waals surface area (Å²) >= 11 is 0. The van der Waals surface area contributed by atoms with Gasteiger partial charge in [-0.2, -0.15) is 4.98 Å². The Hall–Kier alpha value is -3.35. The average molecular weight is 377 g/mol. The zero-order chi connectivity index (χ0) is 19.1. The van der Waals surface area contributed by atoms with Gasteiger partial charge in [-0.1, -0.05) is 5.16 Å². The van der Waals surface area contributed by atoms with Crippen LogP contribution in [0.5, 0.6) is 11.5 Å². The van der Waals surface area contributed by atoms with E-state index < -0.39 is 5.79 Å². The molecule has 1 aromatic heterocycles. The smallest absolute Gasteiger partial charge is 0.257 e. The number of nitrogens with zero attached hydrogens (tertiary/aromatic N) is 2. The molecule has 0 saturated heterocycles. The number of carbonyl (C=O) groups excluding carboxylic acids is 1. The van der Waals surface area contributed by atoms with E-state index in [1.165, 1.54) is 0 Å². The first kappa shape index (κ1) is 16.8. The normalized spacial score (nSPS) is 16.5. The molecule has 1 aliphatic heterocycles. The highest BCUT2D eigenvalue weighted by Gasteiger charge is 2.44. The standard InChI is InChI=1S/C21H19N3O4/c1-13-22-20(28-24-13)15-6-4-14(5-7-15)19(25)23-16-8-9-17-18(12-16)27-21(26-17)10-2-3-11-21/h4-9,12H,2-3,10-11H2,1H3,(H,23,25). The van der Waals surface area contributed by atoms with Crippen molar-refractivity contribution in [2.45, 2.75) is 38.4 Å². The number of aromatic nitrogens is 2. The highest BCUT2D eigenvalue weighted by Crippen LogP contribution is 2.47. The lowest BCUT2D eigenvalue weighted by Crippen LogP contribution is -2.34. The van der Waals surface area contributed by atoms with Crippen LogP contribution in [0.15, 0.2) is 47.0 Å². The number of hydrogen-bond donors (Lipinski definition) is 1. The van der Waals surface area contributed by atoms with Crippen LogP contribution in [0.3, 0.4) is 0 Å². The number of hydrogen-bond acceptors (Lipinski definition) is 6. The van der Waals surface area contributed by atoms with E-state index in [2.05, 4.69) is 15.5 Å². The Morgan fingerprint density at radius 2 is 1.79 bits per heavy atom. The Bertz CT molecular complexity index is 1040. The lowest BCUT2D eigenvalue weighted by Gasteiger charge is -2.21. The fourth-order valence-corrected chi connectivity index (χ4v) is 3.67. The molecule has 0 radical (unpaired) electrons. The molecule has 0 bridgehead atoms. The van der Waals surface area contributed by atoms with E-state index in [-0.39, 0.29) is 5.91 Å². The maximum Gasteiger partial charge on any atom is 0.257 e. The van der Waals surface area contributed by atoms with Gasteiger partial charge in [-0.3, -0.25) is 4.79 Å². The maximum absolute atomic E-state index is 12.6. The third-order valence-corrected chi connectivity index (χ3v) is 5.08. The van der Waals surface area contributed by atoms with E-state index in [0.29, 0.717) is 28.7 Å². The van der Waals surface area contributed by atoms with Crippen molar-refractivity contribution in [1.29, 1.82) is 0 Å². The molecular weight excluding hydrogens is 358 g/mol. The van der Waals surface area contributed by atoms with E-state index >= 15 is 0 Å². The average Bonchev–Trinajstić information content (AvgIpc) is 3.42. The topological polar surface area (TPSA) is 86.5 Å². The molecule has 2 aliphatic rings. The minimum atomic E-state index is -0.506. The number of anilines is 1. The summed E-state index contributed by atoms with van der Waals surface area (Å²) in [4.78, 5) is 16.8. The third-order valence-electron chi connectivity index (χ3n) is 5.08. The number of fused-ring (bicyclic) bond motifs is 1. The molecule has 1 saturated carbocycles. The number of rotatable bonds is 3. The first-order chi connectivity index (χ1) is 13.6. The molecule has 142 valence electrons. The number of amides is 1. The van der Waals surface area contributed by atoms with E-state index in [4.69, 9.17) is 14.0 Å². The Morgan fingerprint density at radius 3 is 2.50 bits per heavy atom. The molecule has 1 fully saturated rings. The summed E-state index contributed by atoms with van der Waals surface area (Å²) in [7, 11) is 0. The van der Waals surface area contributed by atoms with Gasteiger partial charge < -0.3 is 19.3 Å². The van der Waals surface area contributed by atoms with Crippen molar-refractivity contribution in [2.24, 2.45) is 0 Å². The zero-order valence-corrected chi connectivity index (χ0v) is 15.4. The van der Waals surface area contributed by atoms with Gasteiger partial charge in [0.25, 0.3) is 17.6 Å². The molecule has 28 heavy (non-hydrogen) atoms. The summed E-state index contributed by atoms with van der Waals surface area (Å²) in [5.41, 5.74) is 1.96. The number of nitrogens with one attached hydrogen (secondary N) is 1. The van der Waals surface area contributed by atoms with E-state index in [9.17, 15) is 4.79 Å². The van der Waals surface area contributed by atoms with Gasteiger partial charge in [-0.05, 0) is 56.2 Å². The van der Waals surface area contributed by atoms with Crippen molar-refractivity contribution in [3.05, 3.63) is 53.9 Å². The van der Waals surface area contributed by atoms with Crippen LogP contribution in [0.4, 0.5) is 5.69 Å². The summed E-state index contributed by atoms with van der Waals surface area (Å²) in [5, 5.41) is 6.68. The minimum Gasteiger partial charge on any atom is -0.448 e. The van der Waals surface area contributed by atoms with Gasteiger partial charge in [0.05, 0.1) is 0 Å². The number of ether oxygens (including phenoxy) is 2. The maximum atomic E-state index is 12.6. The Balaban J connectivity index is 1.30. The van der Waals surface area contributed by atoms with Crippen molar-refractivity contribution in [1.82, 2.24) is 10.1 Å². The highest BCUT2D eigenvalue weighted by molar-refractivity contribution is 6.04. The van der Waals surface area contributed by atoms with Crippen LogP contribution >= 0.6 is 0 Å². The highest BCUT2D eigenvalue weighted by atomic mass is 16.7. The summed E-state index contributed by atoms with van der Waals surface area (Å²) in [6.45, 7) is 1.76. The fraction of sp³-hybridized carbons (Fsp3) is 0.286. The van der Waals surface area contributed by atoms with Crippen LogP contribution in [0.25, 0.3) is 11.5 Å². The minimum absolute atomic E-state index is 0.206. The van der Waals surface area contributed by atoms with Crippen LogP contribution in [-0.2, 0) is 0 Å². The van der Waals surface area contributed by atoms with Crippen molar-refractivity contribution in [2.75, 3.05) is 5.32 Å². The predicted molar refractivity (Wildman–Crippen MR) is 101 cm³/mol. The first-order valence-electron chi connectivity index (χ1n) is 9.34. The third kappa shape index (κ3) is 2.98. The van der Waals surface area contributed by atoms with Crippen LogP contribution in [0.2, 0.25) is 0 Å². The zero-order valence-electron chi connectivity index (χ0n) is 15.4. The van der Waals surface area contributed by atoms with Crippen LogP contribution in [0.1, 0.15) is 41.9 Å². The van der Waals surface area contributed by atoms with Crippen molar-refractivity contribution in [3.63, 3.8) is 0 Å². The molecule has 7 nitrogen and oxygen atoms in total.